The zero-order valence-electron chi connectivity index (χ0n) is 21.6. The van der Waals surface area contributed by atoms with Crippen molar-refractivity contribution in [2.75, 3.05) is 0 Å². The van der Waals surface area contributed by atoms with E-state index in [0.29, 0.717) is 0 Å². The fraction of sp³-hybridized carbons (Fsp3) is 0.129. The SMILES string of the molecule is Cc1cccc(C)c1N=Cc1nn(C(=Nc2c(C)cccc2C)c2ccccc2)c2ccccc12.[Cl][Fe][Cl]. The fourth-order valence-electron chi connectivity index (χ4n) is 4.39. The molecule has 1 heterocycles. The Hall–Kier alpha value is -3.21. The molecular weight excluding hydrogens is 555 g/mol. The zero-order chi connectivity index (χ0) is 27.1. The Kier molecular flexibility index (Phi) is 9.54. The van der Waals surface area contributed by atoms with Gasteiger partial charge in [-0.1, -0.05) is 84.9 Å². The van der Waals surface area contributed by atoms with E-state index >= 15 is 0 Å². The van der Waals surface area contributed by atoms with Crippen molar-refractivity contribution in [1.82, 2.24) is 9.78 Å². The molecule has 0 atom stereocenters. The van der Waals surface area contributed by atoms with E-state index < -0.39 is 0 Å². The maximum atomic E-state index is 5.18. The van der Waals surface area contributed by atoms with Gasteiger partial charge in [0.05, 0.1) is 23.1 Å². The van der Waals surface area contributed by atoms with Crippen LogP contribution in [-0.2, 0) is 13.1 Å². The van der Waals surface area contributed by atoms with Gasteiger partial charge in [0.2, 0.25) is 0 Å². The first kappa shape index (κ1) is 27.8. The third kappa shape index (κ3) is 6.25. The van der Waals surface area contributed by atoms with Crippen molar-refractivity contribution >= 4 is 54.5 Å². The molecule has 0 saturated carbocycles. The average Bonchev–Trinajstić information content (AvgIpc) is 3.28. The van der Waals surface area contributed by atoms with Gasteiger partial charge < -0.3 is 0 Å². The summed E-state index contributed by atoms with van der Waals surface area (Å²) in [6, 6.07) is 31.0. The summed E-state index contributed by atoms with van der Waals surface area (Å²) in [4.78, 5) is 10.0. The Bertz CT molecular complexity index is 1570. The number of hydrogen-bond acceptors (Lipinski definition) is 3. The second kappa shape index (κ2) is 13.0. The van der Waals surface area contributed by atoms with E-state index in [1.54, 1.807) is 0 Å². The molecule has 0 bridgehead atoms. The van der Waals surface area contributed by atoms with Crippen LogP contribution >= 0.6 is 20.2 Å². The predicted octanol–water partition coefficient (Wildman–Crippen LogP) is 9.02. The van der Waals surface area contributed by atoms with E-state index in [-0.39, 0.29) is 13.1 Å². The molecule has 0 saturated heterocycles. The standard InChI is InChI=1S/C31H28N4.2ClH.Fe/c1-21-12-10-13-22(2)29(21)32-20-27-26-18-8-9-19-28(26)35(34-27)31(25-16-6-5-7-17-25)33-30-23(3)14-11-15-24(30)4;;;/h5-20H,1-4H3;2*1H;/q;;;+2/p-2. The van der Waals surface area contributed by atoms with E-state index in [1.165, 1.54) is 0 Å². The third-order valence-corrected chi connectivity index (χ3v) is 6.26. The summed E-state index contributed by atoms with van der Waals surface area (Å²) >= 11 is 0.194. The fourth-order valence-corrected chi connectivity index (χ4v) is 4.39. The van der Waals surface area contributed by atoms with Crippen molar-refractivity contribution in [3.05, 3.63) is 125 Å². The molecule has 0 fully saturated rings. The molecule has 7 heteroatoms. The molecule has 0 aliphatic heterocycles. The number of rotatable bonds is 4. The molecule has 0 unspecified atom stereocenters. The number of aromatic nitrogens is 2. The summed E-state index contributed by atoms with van der Waals surface area (Å²) in [6.07, 6.45) is 1.87. The zero-order valence-corrected chi connectivity index (χ0v) is 24.3. The Balaban J connectivity index is 0.00000107. The molecule has 5 aromatic rings. The van der Waals surface area contributed by atoms with E-state index in [1.807, 2.05) is 41.2 Å². The van der Waals surface area contributed by atoms with Gasteiger partial charge in [0.25, 0.3) is 0 Å². The van der Waals surface area contributed by atoms with Gasteiger partial charge in [-0.2, -0.15) is 5.10 Å². The summed E-state index contributed by atoms with van der Waals surface area (Å²) in [5.41, 5.74) is 9.31. The monoisotopic (exact) mass is 582 g/mol. The van der Waals surface area contributed by atoms with E-state index in [2.05, 4.69) is 88.4 Å². The van der Waals surface area contributed by atoms with Crippen LogP contribution in [0.4, 0.5) is 11.4 Å². The quantitative estimate of drug-likeness (QED) is 0.118. The Morgan fingerprint density at radius 2 is 1.24 bits per heavy atom. The number of hydrogen-bond donors (Lipinski definition) is 0. The van der Waals surface area contributed by atoms with Gasteiger partial charge >= 0.3 is 33.3 Å². The van der Waals surface area contributed by atoms with Crippen LogP contribution in [0.3, 0.4) is 0 Å². The van der Waals surface area contributed by atoms with E-state index in [9.17, 15) is 0 Å². The van der Waals surface area contributed by atoms with Crippen molar-refractivity contribution in [3.63, 3.8) is 0 Å². The van der Waals surface area contributed by atoms with Crippen molar-refractivity contribution in [1.29, 1.82) is 0 Å². The number of fused-ring (bicyclic) bond motifs is 1. The van der Waals surface area contributed by atoms with Crippen molar-refractivity contribution in [2.45, 2.75) is 27.7 Å². The molecule has 0 radical (unpaired) electrons. The second-order valence-electron chi connectivity index (χ2n) is 8.91. The molecule has 4 nitrogen and oxygen atoms in total. The number of aryl methyl sites for hydroxylation is 4. The van der Waals surface area contributed by atoms with Crippen LogP contribution in [-0.4, -0.2) is 21.8 Å². The number of nitrogens with zero attached hydrogens (tertiary/aromatic N) is 4. The molecule has 0 amide bonds. The van der Waals surface area contributed by atoms with Crippen LogP contribution in [0.5, 0.6) is 0 Å². The second-order valence-corrected chi connectivity index (χ2v) is 10.7. The number of halogens is 2. The van der Waals surface area contributed by atoms with Gasteiger partial charge in [0, 0.05) is 10.9 Å². The number of benzene rings is 4. The first-order valence-electron chi connectivity index (χ1n) is 12.1. The predicted molar refractivity (Wildman–Crippen MR) is 159 cm³/mol. The number of aliphatic imine (C=N–C) groups is 2. The molecule has 1 aromatic heterocycles. The molecule has 194 valence electrons. The maximum absolute atomic E-state index is 5.18. The summed E-state index contributed by atoms with van der Waals surface area (Å²) in [5.74, 6) is 0.783. The summed E-state index contributed by atoms with van der Waals surface area (Å²) < 4.78 is 1.95. The van der Waals surface area contributed by atoms with Gasteiger partial charge in [-0.25, -0.2) is 9.67 Å². The summed E-state index contributed by atoms with van der Waals surface area (Å²) in [7, 11) is 9.53. The van der Waals surface area contributed by atoms with Crippen molar-refractivity contribution in [3.8, 4) is 0 Å². The number of para-hydroxylation sites is 3. The van der Waals surface area contributed by atoms with Crippen LogP contribution in [0.25, 0.3) is 10.9 Å². The van der Waals surface area contributed by atoms with Crippen LogP contribution in [0.15, 0.2) is 101 Å². The van der Waals surface area contributed by atoms with Gasteiger partial charge in [-0.15, -0.1) is 0 Å². The first-order valence-corrected chi connectivity index (χ1v) is 15.1. The van der Waals surface area contributed by atoms with E-state index in [0.717, 1.165) is 61.6 Å². The Morgan fingerprint density at radius 3 is 1.84 bits per heavy atom. The molecule has 0 spiro atoms. The molecule has 0 aliphatic rings. The van der Waals surface area contributed by atoms with Crippen molar-refractivity contribution in [2.24, 2.45) is 9.98 Å². The van der Waals surface area contributed by atoms with Gasteiger partial charge in [0.15, 0.2) is 5.84 Å². The van der Waals surface area contributed by atoms with Crippen LogP contribution in [0.2, 0.25) is 0 Å². The van der Waals surface area contributed by atoms with Crippen LogP contribution < -0.4 is 0 Å². The van der Waals surface area contributed by atoms with Crippen molar-refractivity contribution < 1.29 is 13.1 Å². The van der Waals surface area contributed by atoms with Gasteiger partial charge in [0.1, 0.15) is 5.69 Å². The topological polar surface area (TPSA) is 42.5 Å². The summed E-state index contributed by atoms with van der Waals surface area (Å²) in [5, 5.41) is 6.07. The minimum atomic E-state index is 0.194. The Labute approximate surface area is 238 Å². The van der Waals surface area contributed by atoms with Gasteiger partial charge in [-0.05, 0) is 56.0 Å². The third-order valence-electron chi connectivity index (χ3n) is 6.26. The minimum absolute atomic E-state index is 0.194. The van der Waals surface area contributed by atoms with E-state index in [4.69, 9.17) is 35.3 Å². The summed E-state index contributed by atoms with van der Waals surface area (Å²) in [6.45, 7) is 8.36. The molecule has 5 rings (SSSR count). The molecular formula is C31H28Cl2FeN4. The average molecular weight is 583 g/mol. The molecule has 0 aliphatic carbocycles. The molecule has 38 heavy (non-hydrogen) atoms. The molecule has 4 aromatic carbocycles. The van der Waals surface area contributed by atoms with Gasteiger partial charge in [-0.3, -0.25) is 4.99 Å². The van der Waals surface area contributed by atoms with Crippen LogP contribution in [0.1, 0.15) is 33.5 Å². The first-order chi connectivity index (χ1) is 18.4. The Morgan fingerprint density at radius 1 is 0.711 bits per heavy atom. The normalized spacial score (nSPS) is 11.7. The van der Waals surface area contributed by atoms with Crippen LogP contribution in [0, 0.1) is 27.7 Å². The molecule has 0 N–H and O–H groups in total.